The maximum Gasteiger partial charge on any atom is 0.187 e. The van der Waals surface area contributed by atoms with Crippen molar-refractivity contribution in [3.8, 4) is 0 Å². The number of aliphatic hydroxyl groups excluding tert-OH is 2. The quantitative estimate of drug-likeness (QED) is 0.391. The number of hydrogen-bond acceptors (Lipinski definition) is 5. The van der Waals surface area contributed by atoms with Crippen molar-refractivity contribution in [2.75, 3.05) is 6.61 Å². The van der Waals surface area contributed by atoms with E-state index in [-0.39, 0.29) is 0 Å². The normalized spacial score (nSPS) is 57.7. The van der Waals surface area contributed by atoms with Crippen molar-refractivity contribution in [1.29, 1.82) is 0 Å². The molecular formula is C8H14O5. The van der Waals surface area contributed by atoms with Gasteiger partial charge in [-0.3, -0.25) is 0 Å². The minimum Gasteiger partial charge on any atom is -0.394 e. The van der Waals surface area contributed by atoms with Crippen LogP contribution in [0.4, 0.5) is 0 Å². The molecule has 1 saturated carbocycles. The van der Waals surface area contributed by atoms with E-state index in [9.17, 15) is 15.3 Å². The smallest absolute Gasteiger partial charge is 0.187 e. The highest BCUT2D eigenvalue weighted by atomic mass is 16.7. The van der Waals surface area contributed by atoms with Gasteiger partial charge < -0.3 is 25.2 Å². The van der Waals surface area contributed by atoms with E-state index in [1.54, 1.807) is 13.8 Å². The Morgan fingerprint density at radius 1 is 1.23 bits per heavy atom. The molecule has 5 heteroatoms. The molecule has 2 aliphatic rings. The van der Waals surface area contributed by atoms with E-state index in [4.69, 9.17) is 9.84 Å². The highest BCUT2D eigenvalue weighted by molar-refractivity contribution is 5.38. The molecule has 1 saturated heterocycles. The van der Waals surface area contributed by atoms with Crippen LogP contribution >= 0.6 is 0 Å². The Balaban J connectivity index is 2.40. The SMILES string of the molecule is CC1(C)[C@]2(O)C(O)O[C@@H](CO)[C@]12O. The van der Waals surface area contributed by atoms with Gasteiger partial charge in [-0.1, -0.05) is 13.8 Å². The lowest BCUT2D eigenvalue weighted by molar-refractivity contribution is -0.185. The Bertz CT molecular complexity index is 253. The molecule has 4 N–H and O–H groups in total. The molecule has 2 fully saturated rings. The van der Waals surface area contributed by atoms with Crippen molar-refractivity contribution >= 4 is 0 Å². The molecule has 1 aliphatic heterocycles. The van der Waals surface area contributed by atoms with Crippen molar-refractivity contribution in [2.45, 2.75) is 37.4 Å². The van der Waals surface area contributed by atoms with E-state index in [1.807, 2.05) is 0 Å². The predicted octanol–water partition coefficient (Wildman–Crippen LogP) is -1.80. The highest BCUT2D eigenvalue weighted by Crippen LogP contribution is 2.72. The van der Waals surface area contributed by atoms with E-state index < -0.39 is 35.6 Å². The Kier molecular flexibility index (Phi) is 1.49. The minimum absolute atomic E-state index is 0.417. The van der Waals surface area contributed by atoms with Gasteiger partial charge in [0.1, 0.15) is 11.7 Å². The third-order valence-electron chi connectivity index (χ3n) is 3.71. The van der Waals surface area contributed by atoms with Crippen LogP contribution in [0, 0.1) is 5.41 Å². The van der Waals surface area contributed by atoms with Crippen molar-refractivity contribution in [2.24, 2.45) is 5.41 Å². The van der Waals surface area contributed by atoms with Crippen LogP contribution in [0.25, 0.3) is 0 Å². The molecule has 0 amide bonds. The average Bonchev–Trinajstić information content (AvgIpc) is 2.34. The summed E-state index contributed by atoms with van der Waals surface area (Å²) in [5, 5.41) is 38.1. The fourth-order valence-electron chi connectivity index (χ4n) is 2.57. The van der Waals surface area contributed by atoms with Crippen molar-refractivity contribution in [1.82, 2.24) is 0 Å². The summed E-state index contributed by atoms with van der Waals surface area (Å²) in [6, 6.07) is 0. The largest absolute Gasteiger partial charge is 0.394 e. The lowest BCUT2D eigenvalue weighted by Crippen LogP contribution is -2.36. The van der Waals surface area contributed by atoms with E-state index in [0.717, 1.165) is 0 Å². The lowest BCUT2D eigenvalue weighted by Gasteiger charge is -2.22. The van der Waals surface area contributed by atoms with Crippen LogP contribution in [0.3, 0.4) is 0 Å². The maximum absolute atomic E-state index is 9.99. The number of rotatable bonds is 1. The molecule has 4 atom stereocenters. The summed E-state index contributed by atoms with van der Waals surface area (Å²) in [4.78, 5) is 0. The zero-order valence-corrected chi connectivity index (χ0v) is 7.56. The van der Waals surface area contributed by atoms with Gasteiger partial charge >= 0.3 is 0 Å². The summed E-state index contributed by atoms with van der Waals surface area (Å²) in [6.45, 7) is 2.84. The fraction of sp³-hybridized carbons (Fsp3) is 1.00. The van der Waals surface area contributed by atoms with Gasteiger partial charge in [-0.15, -0.1) is 0 Å². The number of fused-ring (bicyclic) bond motifs is 1. The summed E-state index contributed by atoms with van der Waals surface area (Å²) in [5.74, 6) is 0. The molecule has 76 valence electrons. The molecule has 1 aliphatic carbocycles. The monoisotopic (exact) mass is 190 g/mol. The van der Waals surface area contributed by atoms with Gasteiger partial charge in [-0.05, 0) is 0 Å². The highest BCUT2D eigenvalue weighted by Gasteiger charge is 2.92. The third kappa shape index (κ3) is 0.619. The van der Waals surface area contributed by atoms with E-state index in [1.165, 1.54) is 0 Å². The van der Waals surface area contributed by atoms with Gasteiger partial charge in [0, 0.05) is 5.41 Å². The van der Waals surface area contributed by atoms with Crippen molar-refractivity contribution in [3.63, 3.8) is 0 Å². The molecule has 0 bridgehead atoms. The van der Waals surface area contributed by atoms with Gasteiger partial charge in [-0.25, -0.2) is 0 Å². The molecule has 0 spiro atoms. The van der Waals surface area contributed by atoms with E-state index in [2.05, 4.69) is 0 Å². The van der Waals surface area contributed by atoms with Crippen LogP contribution in [-0.2, 0) is 4.74 Å². The zero-order chi connectivity index (χ0) is 10.1. The van der Waals surface area contributed by atoms with Crippen molar-refractivity contribution in [3.05, 3.63) is 0 Å². The average molecular weight is 190 g/mol. The molecule has 2 rings (SSSR count). The Labute approximate surface area is 75.6 Å². The van der Waals surface area contributed by atoms with Crippen molar-refractivity contribution < 1.29 is 25.2 Å². The Morgan fingerprint density at radius 3 is 2.00 bits per heavy atom. The van der Waals surface area contributed by atoms with Gasteiger partial charge in [0.15, 0.2) is 11.9 Å². The Morgan fingerprint density at radius 2 is 1.77 bits per heavy atom. The maximum atomic E-state index is 9.99. The molecule has 1 unspecified atom stereocenters. The molecule has 0 radical (unpaired) electrons. The standard InChI is InChI=1S/C8H14O5/c1-6(2)7(11)4(3-9)13-5(10)8(6,7)12/h4-5,9-12H,3H2,1-2H3/t4-,5?,7-,8+/m0/s1. The second kappa shape index (κ2) is 2.07. The number of aliphatic hydroxyl groups is 4. The number of hydrogen-bond donors (Lipinski definition) is 4. The molecule has 1 heterocycles. The lowest BCUT2D eigenvalue weighted by atomic mass is 10.0. The first-order valence-electron chi connectivity index (χ1n) is 4.23. The second-order valence-corrected chi connectivity index (χ2v) is 4.32. The first-order valence-corrected chi connectivity index (χ1v) is 4.23. The predicted molar refractivity (Wildman–Crippen MR) is 41.6 cm³/mol. The topological polar surface area (TPSA) is 90.2 Å². The van der Waals surface area contributed by atoms with Gasteiger partial charge in [0.2, 0.25) is 0 Å². The third-order valence-corrected chi connectivity index (χ3v) is 3.71. The van der Waals surface area contributed by atoms with Crippen LogP contribution in [0.15, 0.2) is 0 Å². The minimum atomic E-state index is -1.65. The van der Waals surface area contributed by atoms with E-state index in [0.29, 0.717) is 0 Å². The molecule has 0 aromatic rings. The Hall–Kier alpha value is -0.200. The molecule has 5 nitrogen and oxygen atoms in total. The second-order valence-electron chi connectivity index (χ2n) is 4.32. The molecule has 0 aromatic heterocycles. The zero-order valence-electron chi connectivity index (χ0n) is 7.56. The van der Waals surface area contributed by atoms with Crippen LogP contribution in [0.1, 0.15) is 13.8 Å². The van der Waals surface area contributed by atoms with Gasteiger partial charge in [0.25, 0.3) is 0 Å². The molecular weight excluding hydrogens is 176 g/mol. The summed E-state index contributed by atoms with van der Waals surface area (Å²) in [5.41, 5.74) is -4.02. The first kappa shape index (κ1) is 9.36. The number of ether oxygens (including phenoxy) is 1. The van der Waals surface area contributed by atoms with Gasteiger partial charge in [0.05, 0.1) is 6.61 Å². The molecule has 0 aromatic carbocycles. The van der Waals surface area contributed by atoms with Crippen LogP contribution in [0.5, 0.6) is 0 Å². The summed E-state index contributed by atoms with van der Waals surface area (Å²) in [7, 11) is 0. The summed E-state index contributed by atoms with van der Waals surface area (Å²) < 4.78 is 4.82. The summed E-state index contributed by atoms with van der Waals surface area (Å²) in [6.07, 6.45) is -2.34. The van der Waals surface area contributed by atoms with Crippen LogP contribution in [-0.4, -0.2) is 50.6 Å². The molecule has 13 heavy (non-hydrogen) atoms. The van der Waals surface area contributed by atoms with Crippen LogP contribution < -0.4 is 0 Å². The first-order chi connectivity index (χ1) is 5.84. The fourth-order valence-corrected chi connectivity index (χ4v) is 2.57. The van der Waals surface area contributed by atoms with Gasteiger partial charge in [-0.2, -0.15) is 0 Å². The summed E-state index contributed by atoms with van der Waals surface area (Å²) >= 11 is 0. The van der Waals surface area contributed by atoms with E-state index >= 15 is 0 Å². The van der Waals surface area contributed by atoms with Crippen LogP contribution in [0.2, 0.25) is 0 Å².